The first-order valence-corrected chi connectivity index (χ1v) is 11.0. The number of hydrogen-bond acceptors (Lipinski definition) is 4. The fourth-order valence-corrected chi connectivity index (χ4v) is 3.76. The molecule has 1 atom stereocenters. The molecular formula is C25H35N3O3. The Kier molecular flexibility index (Phi) is 9.83. The summed E-state index contributed by atoms with van der Waals surface area (Å²) in [5, 5.41) is 3.51. The quantitative estimate of drug-likeness (QED) is 0.339. The van der Waals surface area contributed by atoms with Crippen LogP contribution >= 0.6 is 0 Å². The Morgan fingerprint density at radius 3 is 2.58 bits per heavy atom. The van der Waals surface area contributed by atoms with Crippen molar-refractivity contribution < 1.29 is 14.2 Å². The first-order chi connectivity index (χ1) is 15.3. The van der Waals surface area contributed by atoms with Gasteiger partial charge in [0.15, 0.2) is 5.96 Å². The number of nitrogens with one attached hydrogen (secondary N) is 1. The minimum atomic E-state index is 0.542. The van der Waals surface area contributed by atoms with Gasteiger partial charge in [0.05, 0.1) is 33.0 Å². The number of nitrogens with zero attached hydrogens (tertiary/aromatic N) is 2. The fourth-order valence-electron chi connectivity index (χ4n) is 3.76. The van der Waals surface area contributed by atoms with Gasteiger partial charge < -0.3 is 24.4 Å². The highest BCUT2D eigenvalue weighted by atomic mass is 16.5. The van der Waals surface area contributed by atoms with E-state index < -0.39 is 0 Å². The molecule has 1 aliphatic heterocycles. The molecule has 0 aromatic heterocycles. The highest BCUT2D eigenvalue weighted by Gasteiger charge is 2.24. The van der Waals surface area contributed by atoms with Crippen molar-refractivity contribution in [1.82, 2.24) is 10.2 Å². The van der Waals surface area contributed by atoms with Gasteiger partial charge in [-0.3, -0.25) is 4.99 Å². The lowest BCUT2D eigenvalue weighted by molar-refractivity contribution is 0.0536. The van der Waals surface area contributed by atoms with Crippen LogP contribution in [0.2, 0.25) is 0 Å². The largest absolute Gasteiger partial charge is 0.382 e. The topological polar surface area (TPSA) is 55.3 Å². The first kappa shape index (κ1) is 23.3. The molecule has 2 aromatic carbocycles. The smallest absolute Gasteiger partial charge is 0.193 e. The second kappa shape index (κ2) is 13.1. The molecule has 168 valence electrons. The van der Waals surface area contributed by atoms with Crippen LogP contribution in [0.4, 0.5) is 0 Å². The summed E-state index contributed by atoms with van der Waals surface area (Å²) in [5.41, 5.74) is 3.59. The summed E-state index contributed by atoms with van der Waals surface area (Å²) in [6.07, 6.45) is 1.13. The van der Waals surface area contributed by atoms with Crippen molar-refractivity contribution in [3.8, 4) is 0 Å². The van der Waals surface area contributed by atoms with Gasteiger partial charge in [-0.1, -0.05) is 54.6 Å². The van der Waals surface area contributed by atoms with Gasteiger partial charge in [0.1, 0.15) is 0 Å². The van der Waals surface area contributed by atoms with E-state index in [1.165, 1.54) is 16.7 Å². The lowest BCUT2D eigenvalue weighted by Crippen LogP contribution is -2.39. The van der Waals surface area contributed by atoms with Crippen molar-refractivity contribution in [1.29, 1.82) is 0 Å². The summed E-state index contributed by atoms with van der Waals surface area (Å²) in [7, 11) is 3.54. The maximum atomic E-state index is 5.88. The third-order valence-corrected chi connectivity index (χ3v) is 5.40. The van der Waals surface area contributed by atoms with Crippen LogP contribution in [0, 0.1) is 5.92 Å². The molecule has 31 heavy (non-hydrogen) atoms. The summed E-state index contributed by atoms with van der Waals surface area (Å²) < 4.78 is 16.6. The van der Waals surface area contributed by atoms with Crippen LogP contribution in [0.25, 0.3) is 0 Å². The predicted molar refractivity (Wildman–Crippen MR) is 124 cm³/mol. The third-order valence-electron chi connectivity index (χ3n) is 5.40. The van der Waals surface area contributed by atoms with E-state index in [0.717, 1.165) is 38.6 Å². The van der Waals surface area contributed by atoms with Gasteiger partial charge in [-0.05, 0) is 23.1 Å². The second-order valence-corrected chi connectivity index (χ2v) is 7.87. The van der Waals surface area contributed by atoms with Gasteiger partial charge >= 0.3 is 0 Å². The number of aliphatic imine (C=N–C) groups is 1. The Labute approximate surface area is 186 Å². The third kappa shape index (κ3) is 7.98. The zero-order valence-electron chi connectivity index (χ0n) is 18.8. The van der Waals surface area contributed by atoms with Crippen LogP contribution in [-0.4, -0.2) is 57.9 Å². The molecule has 0 amide bonds. The monoisotopic (exact) mass is 425 g/mol. The van der Waals surface area contributed by atoms with E-state index in [9.17, 15) is 0 Å². The fraction of sp³-hybridized carbons (Fsp3) is 0.480. The Morgan fingerprint density at radius 1 is 1.00 bits per heavy atom. The molecule has 0 bridgehead atoms. The van der Waals surface area contributed by atoms with Crippen molar-refractivity contribution in [3.05, 3.63) is 71.3 Å². The van der Waals surface area contributed by atoms with E-state index in [0.29, 0.717) is 32.3 Å². The molecule has 1 heterocycles. The Morgan fingerprint density at radius 2 is 1.77 bits per heavy atom. The Bertz CT molecular complexity index is 798. The molecule has 6 heteroatoms. The molecule has 1 saturated heterocycles. The molecule has 1 unspecified atom stereocenters. The van der Waals surface area contributed by atoms with E-state index in [1.807, 2.05) is 25.2 Å². The number of ether oxygens (including phenoxy) is 3. The lowest BCUT2D eigenvalue weighted by Gasteiger charge is -2.22. The molecule has 1 fully saturated rings. The van der Waals surface area contributed by atoms with Crippen LogP contribution in [0.1, 0.15) is 23.1 Å². The van der Waals surface area contributed by atoms with Gasteiger partial charge in [0, 0.05) is 39.7 Å². The molecule has 0 spiro atoms. The molecule has 2 aromatic rings. The minimum absolute atomic E-state index is 0.542. The highest BCUT2D eigenvalue weighted by Crippen LogP contribution is 2.17. The number of hydrogen-bond donors (Lipinski definition) is 1. The Hall–Kier alpha value is -2.41. The lowest BCUT2D eigenvalue weighted by atomic mass is 10.1. The SMILES string of the molecule is CN=C(NCc1cccc(COCc2ccccc2)c1)N1CCC(COCCOC)C1. The molecular weight excluding hydrogens is 390 g/mol. The van der Waals surface area contributed by atoms with Crippen molar-refractivity contribution in [2.24, 2.45) is 10.9 Å². The van der Waals surface area contributed by atoms with Crippen molar-refractivity contribution in [2.45, 2.75) is 26.2 Å². The van der Waals surface area contributed by atoms with Crippen LogP contribution in [0.3, 0.4) is 0 Å². The van der Waals surface area contributed by atoms with E-state index in [2.05, 4.69) is 51.6 Å². The van der Waals surface area contributed by atoms with Crippen LogP contribution in [0.5, 0.6) is 0 Å². The summed E-state index contributed by atoms with van der Waals surface area (Å²) in [6.45, 7) is 6.04. The molecule has 1 aliphatic rings. The average Bonchev–Trinajstić information content (AvgIpc) is 3.27. The van der Waals surface area contributed by atoms with E-state index in [1.54, 1.807) is 7.11 Å². The molecule has 0 aliphatic carbocycles. The number of benzene rings is 2. The van der Waals surface area contributed by atoms with Crippen LogP contribution in [-0.2, 0) is 34.0 Å². The summed E-state index contributed by atoms with van der Waals surface area (Å²) in [4.78, 5) is 6.80. The van der Waals surface area contributed by atoms with E-state index in [-0.39, 0.29) is 0 Å². The second-order valence-electron chi connectivity index (χ2n) is 7.87. The van der Waals surface area contributed by atoms with Gasteiger partial charge in [0.2, 0.25) is 0 Å². The molecule has 3 rings (SSSR count). The first-order valence-electron chi connectivity index (χ1n) is 11.0. The molecule has 1 N–H and O–H groups in total. The Balaban J connectivity index is 1.41. The number of rotatable bonds is 11. The van der Waals surface area contributed by atoms with Gasteiger partial charge in [-0.25, -0.2) is 0 Å². The normalized spacial score (nSPS) is 16.6. The van der Waals surface area contributed by atoms with Gasteiger partial charge in [-0.2, -0.15) is 0 Å². The van der Waals surface area contributed by atoms with Crippen molar-refractivity contribution in [3.63, 3.8) is 0 Å². The summed E-state index contributed by atoms with van der Waals surface area (Å²) in [5.74, 6) is 1.49. The molecule has 6 nitrogen and oxygen atoms in total. The van der Waals surface area contributed by atoms with Gasteiger partial charge in [-0.15, -0.1) is 0 Å². The van der Waals surface area contributed by atoms with E-state index >= 15 is 0 Å². The predicted octanol–water partition coefficient (Wildman–Crippen LogP) is 3.46. The van der Waals surface area contributed by atoms with Crippen LogP contribution in [0.15, 0.2) is 59.6 Å². The van der Waals surface area contributed by atoms with Crippen molar-refractivity contribution in [2.75, 3.05) is 47.1 Å². The number of guanidine groups is 1. The molecule has 0 saturated carbocycles. The highest BCUT2D eigenvalue weighted by molar-refractivity contribution is 5.80. The standard InChI is InChI=1S/C25H35N3O3/c1-26-25(28-12-11-24(17-28)20-30-14-13-29-2)27-16-22-9-6-10-23(15-22)19-31-18-21-7-4-3-5-8-21/h3-10,15,24H,11-14,16-20H2,1-2H3,(H,26,27). The van der Waals surface area contributed by atoms with E-state index in [4.69, 9.17) is 14.2 Å². The summed E-state index contributed by atoms with van der Waals surface area (Å²) in [6, 6.07) is 18.8. The van der Waals surface area contributed by atoms with Crippen molar-refractivity contribution >= 4 is 5.96 Å². The maximum absolute atomic E-state index is 5.88. The number of methoxy groups -OCH3 is 1. The minimum Gasteiger partial charge on any atom is -0.382 e. The average molecular weight is 426 g/mol. The maximum Gasteiger partial charge on any atom is 0.193 e. The number of likely N-dealkylation sites (tertiary alicyclic amines) is 1. The molecule has 0 radical (unpaired) electrons. The summed E-state index contributed by atoms with van der Waals surface area (Å²) >= 11 is 0. The van der Waals surface area contributed by atoms with Gasteiger partial charge in [0.25, 0.3) is 0 Å². The zero-order valence-corrected chi connectivity index (χ0v) is 18.8. The zero-order chi connectivity index (χ0) is 21.7. The van der Waals surface area contributed by atoms with Crippen LogP contribution < -0.4 is 5.32 Å².